The molecule has 0 atom stereocenters. The third-order valence-electron chi connectivity index (χ3n) is 3.09. The van der Waals surface area contributed by atoms with Crippen LogP contribution in [-0.2, 0) is 4.79 Å². The molecule has 0 aliphatic heterocycles. The first-order chi connectivity index (χ1) is 10.1. The third-order valence-corrected chi connectivity index (χ3v) is 3.09. The van der Waals surface area contributed by atoms with Gasteiger partial charge in [0.1, 0.15) is 5.75 Å². The number of amides is 1. The number of nitrogen functional groups attached to an aromatic ring is 1. The van der Waals surface area contributed by atoms with Crippen LogP contribution in [0, 0.1) is 6.92 Å². The average molecular weight is 282 g/mol. The van der Waals surface area contributed by atoms with Crippen molar-refractivity contribution in [2.45, 2.75) is 6.92 Å². The van der Waals surface area contributed by atoms with Crippen LogP contribution >= 0.6 is 0 Å². The maximum atomic E-state index is 11.8. The zero-order chi connectivity index (χ0) is 15.2. The fourth-order valence-corrected chi connectivity index (χ4v) is 1.79. The Kier molecular flexibility index (Phi) is 4.61. The smallest absolute Gasteiger partial charge is 0.248 e. The first kappa shape index (κ1) is 14.7. The van der Waals surface area contributed by atoms with Crippen molar-refractivity contribution in [3.8, 4) is 5.75 Å². The number of carbonyl (C=O) groups is 1. The van der Waals surface area contributed by atoms with Crippen molar-refractivity contribution in [3.05, 3.63) is 59.7 Å². The molecule has 4 nitrogen and oxygen atoms in total. The summed E-state index contributed by atoms with van der Waals surface area (Å²) in [5, 5.41) is 2.77. The predicted octanol–water partition coefficient (Wildman–Crippen LogP) is 3.24. The molecule has 0 unspecified atom stereocenters. The minimum Gasteiger partial charge on any atom is -0.497 e. The number of nitrogens with two attached hydrogens (primary N) is 1. The molecule has 0 radical (unpaired) electrons. The number of aryl methyl sites for hydroxylation is 1. The van der Waals surface area contributed by atoms with Crippen molar-refractivity contribution in [1.29, 1.82) is 0 Å². The lowest BCUT2D eigenvalue weighted by molar-refractivity contribution is -0.111. The molecule has 2 aromatic rings. The highest BCUT2D eigenvalue weighted by atomic mass is 16.5. The van der Waals surface area contributed by atoms with Crippen molar-refractivity contribution in [1.82, 2.24) is 0 Å². The minimum atomic E-state index is -0.200. The second kappa shape index (κ2) is 6.61. The van der Waals surface area contributed by atoms with Crippen molar-refractivity contribution in [2.24, 2.45) is 0 Å². The molecule has 0 heterocycles. The molecule has 0 saturated carbocycles. The first-order valence-corrected chi connectivity index (χ1v) is 6.58. The van der Waals surface area contributed by atoms with E-state index in [0.29, 0.717) is 11.4 Å². The van der Waals surface area contributed by atoms with E-state index in [2.05, 4.69) is 5.32 Å². The SMILES string of the molecule is COc1ccc(C=CC(=O)Nc2ccc(C)c(N)c2)cc1. The Morgan fingerprint density at radius 3 is 2.52 bits per heavy atom. The van der Waals surface area contributed by atoms with E-state index in [4.69, 9.17) is 10.5 Å². The van der Waals surface area contributed by atoms with Crippen LogP contribution < -0.4 is 15.8 Å². The number of rotatable bonds is 4. The number of hydrogen-bond acceptors (Lipinski definition) is 3. The van der Waals surface area contributed by atoms with E-state index in [9.17, 15) is 4.79 Å². The lowest BCUT2D eigenvalue weighted by Gasteiger charge is -2.05. The van der Waals surface area contributed by atoms with Crippen LogP contribution in [-0.4, -0.2) is 13.0 Å². The number of anilines is 2. The molecule has 0 spiro atoms. The van der Waals surface area contributed by atoms with Gasteiger partial charge in [-0.25, -0.2) is 0 Å². The van der Waals surface area contributed by atoms with Gasteiger partial charge in [0.2, 0.25) is 5.91 Å². The zero-order valence-corrected chi connectivity index (χ0v) is 12.1. The van der Waals surface area contributed by atoms with Gasteiger partial charge in [-0.2, -0.15) is 0 Å². The minimum absolute atomic E-state index is 0.200. The third kappa shape index (κ3) is 4.11. The highest BCUT2D eigenvalue weighted by molar-refractivity contribution is 6.02. The molecular formula is C17H18N2O2. The largest absolute Gasteiger partial charge is 0.497 e. The Labute approximate surface area is 124 Å². The molecule has 1 amide bonds. The Morgan fingerprint density at radius 2 is 1.90 bits per heavy atom. The van der Waals surface area contributed by atoms with E-state index in [1.54, 1.807) is 19.3 Å². The fraction of sp³-hybridized carbons (Fsp3) is 0.118. The number of ether oxygens (including phenoxy) is 1. The van der Waals surface area contributed by atoms with Gasteiger partial charge in [0.05, 0.1) is 7.11 Å². The number of carbonyl (C=O) groups excluding carboxylic acids is 1. The van der Waals surface area contributed by atoms with E-state index in [0.717, 1.165) is 16.9 Å². The molecule has 21 heavy (non-hydrogen) atoms. The van der Waals surface area contributed by atoms with Crippen molar-refractivity contribution in [3.63, 3.8) is 0 Å². The van der Waals surface area contributed by atoms with Gasteiger partial charge in [-0.3, -0.25) is 4.79 Å². The monoisotopic (exact) mass is 282 g/mol. The van der Waals surface area contributed by atoms with E-state index < -0.39 is 0 Å². The van der Waals surface area contributed by atoms with E-state index in [-0.39, 0.29) is 5.91 Å². The molecule has 0 aromatic heterocycles. The van der Waals surface area contributed by atoms with Gasteiger partial charge in [0.25, 0.3) is 0 Å². The van der Waals surface area contributed by atoms with Gasteiger partial charge in [0.15, 0.2) is 0 Å². The summed E-state index contributed by atoms with van der Waals surface area (Å²) in [6.45, 7) is 1.92. The molecule has 0 aliphatic carbocycles. The first-order valence-electron chi connectivity index (χ1n) is 6.58. The lowest BCUT2D eigenvalue weighted by Crippen LogP contribution is -2.08. The fourth-order valence-electron chi connectivity index (χ4n) is 1.79. The summed E-state index contributed by atoms with van der Waals surface area (Å²) < 4.78 is 5.08. The Hall–Kier alpha value is -2.75. The topological polar surface area (TPSA) is 64.3 Å². The summed E-state index contributed by atoms with van der Waals surface area (Å²) in [7, 11) is 1.62. The molecule has 2 rings (SSSR count). The van der Waals surface area contributed by atoms with Crippen LogP contribution in [0.4, 0.5) is 11.4 Å². The number of methoxy groups -OCH3 is 1. The van der Waals surface area contributed by atoms with Gasteiger partial charge in [0, 0.05) is 17.5 Å². The summed E-state index contributed by atoms with van der Waals surface area (Å²) in [5.74, 6) is 0.584. The Bertz CT molecular complexity index is 661. The molecule has 3 N–H and O–H groups in total. The van der Waals surface area contributed by atoms with Crippen LogP contribution in [0.2, 0.25) is 0 Å². The van der Waals surface area contributed by atoms with Crippen LogP contribution in [0.1, 0.15) is 11.1 Å². The Morgan fingerprint density at radius 1 is 1.19 bits per heavy atom. The summed E-state index contributed by atoms with van der Waals surface area (Å²) in [4.78, 5) is 11.8. The molecule has 0 aliphatic rings. The standard InChI is InChI=1S/C17H18N2O2/c1-12-3-7-14(11-16(12)18)19-17(20)10-6-13-4-8-15(21-2)9-5-13/h3-11H,18H2,1-2H3,(H,19,20). The molecule has 4 heteroatoms. The normalized spacial score (nSPS) is 10.6. The van der Waals surface area contributed by atoms with Crippen molar-refractivity contribution < 1.29 is 9.53 Å². The van der Waals surface area contributed by atoms with Crippen LogP contribution in [0.25, 0.3) is 6.08 Å². The summed E-state index contributed by atoms with van der Waals surface area (Å²) in [5.41, 5.74) is 9.06. The van der Waals surface area contributed by atoms with Crippen LogP contribution in [0.5, 0.6) is 5.75 Å². The average Bonchev–Trinajstić information content (AvgIpc) is 2.49. The number of benzene rings is 2. The highest BCUT2D eigenvalue weighted by Gasteiger charge is 2.00. The molecule has 2 aromatic carbocycles. The summed E-state index contributed by atoms with van der Waals surface area (Å²) in [6, 6.07) is 12.9. The summed E-state index contributed by atoms with van der Waals surface area (Å²) in [6.07, 6.45) is 3.23. The van der Waals surface area contributed by atoms with Gasteiger partial charge in [-0.05, 0) is 48.4 Å². The van der Waals surface area contributed by atoms with E-state index in [1.807, 2.05) is 43.3 Å². The molecule has 108 valence electrons. The lowest BCUT2D eigenvalue weighted by atomic mass is 10.2. The van der Waals surface area contributed by atoms with Crippen LogP contribution in [0.15, 0.2) is 48.5 Å². The van der Waals surface area contributed by atoms with Crippen molar-refractivity contribution in [2.75, 3.05) is 18.2 Å². The highest BCUT2D eigenvalue weighted by Crippen LogP contribution is 2.17. The molecular weight excluding hydrogens is 264 g/mol. The quantitative estimate of drug-likeness (QED) is 0.668. The number of nitrogens with one attached hydrogen (secondary N) is 1. The van der Waals surface area contributed by atoms with Gasteiger partial charge in [-0.15, -0.1) is 0 Å². The molecule has 0 fully saturated rings. The molecule has 0 saturated heterocycles. The van der Waals surface area contributed by atoms with Crippen LogP contribution in [0.3, 0.4) is 0 Å². The van der Waals surface area contributed by atoms with Gasteiger partial charge < -0.3 is 15.8 Å². The Balaban J connectivity index is 1.99. The second-order valence-corrected chi connectivity index (χ2v) is 4.67. The predicted molar refractivity (Wildman–Crippen MR) is 86.2 cm³/mol. The maximum absolute atomic E-state index is 11.8. The summed E-state index contributed by atoms with van der Waals surface area (Å²) >= 11 is 0. The number of hydrogen-bond donors (Lipinski definition) is 2. The van der Waals surface area contributed by atoms with E-state index >= 15 is 0 Å². The van der Waals surface area contributed by atoms with Crippen molar-refractivity contribution >= 4 is 23.4 Å². The maximum Gasteiger partial charge on any atom is 0.248 e. The van der Waals surface area contributed by atoms with E-state index in [1.165, 1.54) is 6.08 Å². The zero-order valence-electron chi connectivity index (χ0n) is 12.1. The second-order valence-electron chi connectivity index (χ2n) is 4.67. The van der Waals surface area contributed by atoms with Gasteiger partial charge in [-0.1, -0.05) is 18.2 Å². The molecule has 0 bridgehead atoms. The van der Waals surface area contributed by atoms with Gasteiger partial charge >= 0.3 is 0 Å².